The van der Waals surface area contributed by atoms with E-state index in [0.29, 0.717) is 0 Å². The third-order valence-corrected chi connectivity index (χ3v) is 4.42. The van der Waals surface area contributed by atoms with Gasteiger partial charge in [0.2, 0.25) is 0 Å². The molecule has 0 aromatic heterocycles. The Hall–Kier alpha value is -2.35. The van der Waals surface area contributed by atoms with E-state index in [1.165, 1.54) is 11.1 Å². The lowest BCUT2D eigenvalue weighted by Crippen LogP contribution is -2.42. The smallest absolute Gasteiger partial charge is 0.254 e. The topological polar surface area (TPSA) is 20.3 Å². The van der Waals surface area contributed by atoms with E-state index in [4.69, 9.17) is 0 Å². The third-order valence-electron chi connectivity index (χ3n) is 4.42. The zero-order valence-corrected chi connectivity index (χ0v) is 16.2. The number of aryl methyl sites for hydroxylation is 1. The SMILES string of the molecule is C/C(=C/c1ccccc1C(=O)N(C(C)C)C(C)C)c1ccc(C)cc1. The lowest BCUT2D eigenvalue weighted by Gasteiger charge is -2.31. The highest BCUT2D eigenvalue weighted by atomic mass is 16.2. The first-order valence-corrected chi connectivity index (χ1v) is 8.98. The zero-order chi connectivity index (χ0) is 18.6. The summed E-state index contributed by atoms with van der Waals surface area (Å²) in [5.74, 6) is 0.0913. The Balaban J connectivity index is 2.42. The molecule has 0 N–H and O–H groups in total. The molecule has 0 radical (unpaired) electrons. The average Bonchev–Trinajstić information content (AvgIpc) is 2.55. The normalized spacial score (nSPS) is 11.9. The fourth-order valence-electron chi connectivity index (χ4n) is 3.16. The Bertz CT molecular complexity index is 746. The van der Waals surface area contributed by atoms with Crippen LogP contribution in [0.3, 0.4) is 0 Å². The van der Waals surface area contributed by atoms with Crippen molar-refractivity contribution in [3.63, 3.8) is 0 Å². The number of benzene rings is 2. The van der Waals surface area contributed by atoms with Crippen molar-refractivity contribution in [3.8, 4) is 0 Å². The number of amides is 1. The summed E-state index contributed by atoms with van der Waals surface area (Å²) < 4.78 is 0. The Morgan fingerprint density at radius 1 is 0.920 bits per heavy atom. The van der Waals surface area contributed by atoms with Gasteiger partial charge >= 0.3 is 0 Å². The molecule has 0 aliphatic heterocycles. The molecule has 132 valence electrons. The molecule has 1 amide bonds. The van der Waals surface area contributed by atoms with Crippen molar-refractivity contribution < 1.29 is 4.79 Å². The van der Waals surface area contributed by atoms with Gasteiger partial charge in [-0.05, 0) is 64.3 Å². The molecule has 2 rings (SSSR count). The molecule has 2 aromatic rings. The van der Waals surface area contributed by atoms with Gasteiger partial charge in [-0.3, -0.25) is 4.79 Å². The molecule has 0 spiro atoms. The molecule has 0 fully saturated rings. The van der Waals surface area contributed by atoms with Crippen LogP contribution in [-0.4, -0.2) is 22.9 Å². The number of nitrogens with zero attached hydrogens (tertiary/aromatic N) is 1. The van der Waals surface area contributed by atoms with Gasteiger partial charge in [-0.2, -0.15) is 0 Å². The molecule has 2 nitrogen and oxygen atoms in total. The summed E-state index contributed by atoms with van der Waals surface area (Å²) in [5.41, 5.74) is 5.31. The number of hydrogen-bond acceptors (Lipinski definition) is 1. The largest absolute Gasteiger partial charge is 0.334 e. The van der Waals surface area contributed by atoms with Crippen molar-refractivity contribution >= 4 is 17.6 Å². The average molecular weight is 335 g/mol. The first-order chi connectivity index (χ1) is 11.8. The fraction of sp³-hybridized carbons (Fsp3) is 0.348. The molecule has 0 heterocycles. The molecular formula is C23H29NO. The predicted molar refractivity (Wildman–Crippen MR) is 108 cm³/mol. The van der Waals surface area contributed by atoms with E-state index >= 15 is 0 Å². The van der Waals surface area contributed by atoms with Crippen molar-refractivity contribution in [2.24, 2.45) is 0 Å². The summed E-state index contributed by atoms with van der Waals surface area (Å²) in [6, 6.07) is 16.7. The molecule has 2 aromatic carbocycles. The van der Waals surface area contributed by atoms with Crippen LogP contribution in [0.5, 0.6) is 0 Å². The zero-order valence-electron chi connectivity index (χ0n) is 16.2. The van der Waals surface area contributed by atoms with Gasteiger partial charge in [0, 0.05) is 17.6 Å². The second kappa shape index (κ2) is 8.15. The number of allylic oxidation sites excluding steroid dienone is 1. The Kier molecular flexibility index (Phi) is 6.19. The first-order valence-electron chi connectivity index (χ1n) is 8.98. The van der Waals surface area contributed by atoms with Gasteiger partial charge in [0.1, 0.15) is 0 Å². The van der Waals surface area contributed by atoms with Gasteiger partial charge in [-0.15, -0.1) is 0 Å². The van der Waals surface area contributed by atoms with Crippen molar-refractivity contribution in [1.82, 2.24) is 4.90 Å². The van der Waals surface area contributed by atoms with Crippen LogP contribution >= 0.6 is 0 Å². The van der Waals surface area contributed by atoms with E-state index in [1.54, 1.807) is 0 Å². The number of carbonyl (C=O) groups is 1. The van der Waals surface area contributed by atoms with Crippen LogP contribution < -0.4 is 0 Å². The van der Waals surface area contributed by atoms with E-state index in [1.807, 2.05) is 29.2 Å². The maximum atomic E-state index is 13.1. The van der Waals surface area contributed by atoms with E-state index < -0.39 is 0 Å². The molecule has 0 saturated heterocycles. The second-order valence-corrected chi connectivity index (χ2v) is 7.18. The van der Waals surface area contributed by atoms with Crippen LogP contribution in [0.4, 0.5) is 0 Å². The van der Waals surface area contributed by atoms with Gasteiger partial charge in [0.05, 0.1) is 0 Å². The van der Waals surface area contributed by atoms with Gasteiger partial charge in [-0.1, -0.05) is 54.1 Å². The van der Waals surface area contributed by atoms with Gasteiger partial charge < -0.3 is 4.90 Å². The molecule has 0 unspecified atom stereocenters. The van der Waals surface area contributed by atoms with Crippen molar-refractivity contribution in [3.05, 3.63) is 70.8 Å². The highest BCUT2D eigenvalue weighted by Gasteiger charge is 2.23. The Morgan fingerprint density at radius 2 is 1.48 bits per heavy atom. The van der Waals surface area contributed by atoms with Gasteiger partial charge in [-0.25, -0.2) is 0 Å². The summed E-state index contributed by atoms with van der Waals surface area (Å²) in [5, 5.41) is 0. The minimum atomic E-state index is 0.0913. The van der Waals surface area contributed by atoms with Crippen molar-refractivity contribution in [2.75, 3.05) is 0 Å². The summed E-state index contributed by atoms with van der Waals surface area (Å²) in [6.45, 7) is 12.4. The number of rotatable bonds is 5. The van der Waals surface area contributed by atoms with Gasteiger partial charge in [0.15, 0.2) is 0 Å². The molecule has 0 atom stereocenters. The van der Waals surface area contributed by atoms with Crippen LogP contribution in [-0.2, 0) is 0 Å². The molecular weight excluding hydrogens is 306 g/mol. The molecule has 2 heteroatoms. The molecule has 0 aliphatic rings. The second-order valence-electron chi connectivity index (χ2n) is 7.18. The van der Waals surface area contributed by atoms with Crippen LogP contribution in [0, 0.1) is 6.92 Å². The van der Waals surface area contributed by atoms with E-state index in [-0.39, 0.29) is 18.0 Å². The predicted octanol–water partition coefficient (Wildman–Crippen LogP) is 5.81. The highest BCUT2D eigenvalue weighted by Crippen LogP contribution is 2.22. The minimum absolute atomic E-state index is 0.0913. The summed E-state index contributed by atoms with van der Waals surface area (Å²) >= 11 is 0. The van der Waals surface area contributed by atoms with E-state index in [2.05, 4.69) is 71.9 Å². The van der Waals surface area contributed by atoms with Crippen LogP contribution in [0.1, 0.15) is 61.7 Å². The number of hydrogen-bond donors (Lipinski definition) is 0. The van der Waals surface area contributed by atoms with Crippen LogP contribution in [0.25, 0.3) is 11.6 Å². The lowest BCUT2D eigenvalue weighted by atomic mass is 9.99. The van der Waals surface area contributed by atoms with Crippen LogP contribution in [0.15, 0.2) is 48.5 Å². The molecule has 0 bridgehead atoms. The summed E-state index contributed by atoms with van der Waals surface area (Å²) in [7, 11) is 0. The quantitative estimate of drug-likeness (QED) is 0.631. The fourth-order valence-corrected chi connectivity index (χ4v) is 3.16. The third kappa shape index (κ3) is 4.60. The summed E-state index contributed by atoms with van der Waals surface area (Å²) in [6.07, 6.45) is 2.11. The maximum absolute atomic E-state index is 13.1. The highest BCUT2D eigenvalue weighted by molar-refractivity contribution is 5.99. The lowest BCUT2D eigenvalue weighted by molar-refractivity contribution is 0.0643. The van der Waals surface area contributed by atoms with Gasteiger partial charge in [0.25, 0.3) is 5.91 Å². The standard InChI is InChI=1S/C23H29NO/c1-16(2)24(17(3)4)23(25)22-10-8-7-9-21(22)15-19(6)20-13-11-18(5)12-14-20/h7-17H,1-6H3/b19-15-. The van der Waals surface area contributed by atoms with E-state index in [9.17, 15) is 4.79 Å². The van der Waals surface area contributed by atoms with Crippen molar-refractivity contribution in [1.29, 1.82) is 0 Å². The molecule has 0 aliphatic carbocycles. The Morgan fingerprint density at radius 3 is 2.04 bits per heavy atom. The minimum Gasteiger partial charge on any atom is -0.334 e. The first kappa shape index (κ1) is 19.0. The Labute approximate surface area is 152 Å². The maximum Gasteiger partial charge on any atom is 0.254 e. The van der Waals surface area contributed by atoms with E-state index in [0.717, 1.165) is 16.7 Å². The summed E-state index contributed by atoms with van der Waals surface area (Å²) in [4.78, 5) is 15.0. The van der Waals surface area contributed by atoms with Crippen LogP contribution in [0.2, 0.25) is 0 Å². The monoisotopic (exact) mass is 335 g/mol. The number of carbonyl (C=O) groups excluding carboxylic acids is 1. The van der Waals surface area contributed by atoms with Crippen molar-refractivity contribution in [2.45, 2.75) is 53.6 Å². The molecule has 25 heavy (non-hydrogen) atoms. The molecule has 0 saturated carbocycles.